The predicted octanol–water partition coefficient (Wildman–Crippen LogP) is 6.08. The van der Waals surface area contributed by atoms with Crippen LogP contribution in [0.25, 0.3) is 10.8 Å². The van der Waals surface area contributed by atoms with Crippen molar-refractivity contribution in [1.29, 1.82) is 0 Å². The first-order valence-corrected chi connectivity index (χ1v) is 10.6. The Balaban J connectivity index is 2.44. The minimum absolute atomic E-state index is 0.0265. The number of nitrogens with zero attached hydrogens (tertiary/aromatic N) is 2. The molecule has 0 N–H and O–H groups in total. The van der Waals surface area contributed by atoms with Gasteiger partial charge in [0.05, 0.1) is 0 Å². The molecule has 0 aliphatic heterocycles. The second-order valence-electron chi connectivity index (χ2n) is 8.57. The first-order valence-electron chi connectivity index (χ1n) is 10.6. The van der Waals surface area contributed by atoms with Gasteiger partial charge in [-0.3, -0.25) is 0 Å². The molecule has 0 atom stereocenters. The summed E-state index contributed by atoms with van der Waals surface area (Å²) in [7, 11) is 0. The third-order valence-corrected chi connectivity index (χ3v) is 4.85. The lowest BCUT2D eigenvalue weighted by molar-refractivity contribution is 0.113. The minimum atomic E-state index is -0.475. The second kappa shape index (κ2) is 9.83. The van der Waals surface area contributed by atoms with E-state index in [0.717, 1.165) is 10.8 Å². The Morgan fingerprint density at radius 3 is 1.20 bits per heavy atom. The average Bonchev–Trinajstić information content (AvgIpc) is 2.60. The summed E-state index contributed by atoms with van der Waals surface area (Å²) in [6, 6.07) is 11.0. The number of amides is 2. The summed E-state index contributed by atoms with van der Waals surface area (Å²) in [5.41, 5.74) is 0. The second-order valence-corrected chi connectivity index (χ2v) is 8.57. The lowest BCUT2D eigenvalue weighted by Crippen LogP contribution is -2.44. The van der Waals surface area contributed by atoms with Gasteiger partial charge in [-0.05, 0) is 78.3 Å². The number of rotatable bonds is 6. The number of carbonyl (C=O) groups excluding carboxylic acids is 2. The van der Waals surface area contributed by atoms with Crippen molar-refractivity contribution in [3.8, 4) is 11.5 Å². The van der Waals surface area contributed by atoms with Crippen LogP contribution >= 0.6 is 0 Å². The van der Waals surface area contributed by atoms with Gasteiger partial charge in [0.2, 0.25) is 0 Å². The number of ether oxygens (including phenoxy) is 2. The molecule has 0 spiro atoms. The standard InChI is InChI=1S/C24H34N2O4/c1-15(2)25(16(3)4)23(27)29-21-13-19-11-9-10-12-20(19)14-22(21)30-24(28)26(17(5)6)18(7)8/h9-18H,1-8H3. The fourth-order valence-electron chi connectivity index (χ4n) is 3.69. The highest BCUT2D eigenvalue weighted by Crippen LogP contribution is 2.34. The number of hydrogen-bond donors (Lipinski definition) is 0. The molecular weight excluding hydrogens is 380 g/mol. The highest BCUT2D eigenvalue weighted by molar-refractivity contribution is 5.88. The maximum absolute atomic E-state index is 12.9. The van der Waals surface area contributed by atoms with Gasteiger partial charge in [0.15, 0.2) is 11.5 Å². The predicted molar refractivity (Wildman–Crippen MR) is 120 cm³/mol. The van der Waals surface area contributed by atoms with Crippen molar-refractivity contribution in [2.75, 3.05) is 0 Å². The normalized spacial score (nSPS) is 11.5. The van der Waals surface area contributed by atoms with E-state index in [-0.39, 0.29) is 35.7 Å². The van der Waals surface area contributed by atoms with E-state index in [4.69, 9.17) is 9.47 Å². The van der Waals surface area contributed by atoms with Gasteiger partial charge in [0.1, 0.15) is 0 Å². The molecule has 2 amide bonds. The Hall–Kier alpha value is -2.76. The Bertz CT molecular complexity index is 801. The Morgan fingerprint density at radius 1 is 0.633 bits per heavy atom. The summed E-state index contributed by atoms with van der Waals surface area (Å²) in [6.45, 7) is 15.5. The van der Waals surface area contributed by atoms with Crippen molar-refractivity contribution in [2.45, 2.75) is 79.6 Å². The summed E-state index contributed by atoms with van der Waals surface area (Å²) in [5.74, 6) is 0.455. The van der Waals surface area contributed by atoms with Gasteiger partial charge >= 0.3 is 12.2 Å². The minimum Gasteiger partial charge on any atom is -0.406 e. The first kappa shape index (κ1) is 23.5. The quantitative estimate of drug-likeness (QED) is 0.575. The van der Waals surface area contributed by atoms with Crippen molar-refractivity contribution in [1.82, 2.24) is 9.80 Å². The van der Waals surface area contributed by atoms with Crippen LogP contribution < -0.4 is 9.47 Å². The van der Waals surface area contributed by atoms with E-state index >= 15 is 0 Å². The summed E-state index contributed by atoms with van der Waals surface area (Å²) in [6.07, 6.45) is -0.950. The van der Waals surface area contributed by atoms with Crippen LogP contribution in [-0.4, -0.2) is 46.2 Å². The van der Waals surface area contributed by atoms with Gasteiger partial charge in [-0.15, -0.1) is 0 Å². The summed E-state index contributed by atoms with van der Waals surface area (Å²) in [5, 5.41) is 1.79. The lowest BCUT2D eigenvalue weighted by Gasteiger charge is -2.31. The van der Waals surface area contributed by atoms with Crippen LogP contribution in [-0.2, 0) is 0 Å². The average molecular weight is 415 g/mol. The van der Waals surface area contributed by atoms with Crippen LogP contribution in [0.15, 0.2) is 36.4 Å². The van der Waals surface area contributed by atoms with E-state index in [1.54, 1.807) is 21.9 Å². The molecule has 0 saturated heterocycles. The van der Waals surface area contributed by atoms with E-state index in [1.165, 1.54) is 0 Å². The number of hydrogen-bond acceptors (Lipinski definition) is 4. The maximum Gasteiger partial charge on any atom is 0.415 e. The molecule has 0 aliphatic carbocycles. The number of benzene rings is 2. The Morgan fingerprint density at radius 2 is 0.933 bits per heavy atom. The molecule has 0 saturated carbocycles. The number of carbonyl (C=O) groups is 2. The molecule has 6 nitrogen and oxygen atoms in total. The molecule has 2 rings (SSSR count). The highest BCUT2D eigenvalue weighted by Gasteiger charge is 2.26. The zero-order valence-electron chi connectivity index (χ0n) is 19.3. The monoisotopic (exact) mass is 414 g/mol. The third kappa shape index (κ3) is 5.43. The van der Waals surface area contributed by atoms with E-state index in [9.17, 15) is 9.59 Å². The van der Waals surface area contributed by atoms with E-state index in [2.05, 4.69) is 0 Å². The molecule has 2 aromatic carbocycles. The topological polar surface area (TPSA) is 59.1 Å². The van der Waals surface area contributed by atoms with Crippen LogP contribution in [0.2, 0.25) is 0 Å². The zero-order valence-corrected chi connectivity index (χ0v) is 19.3. The molecule has 0 aliphatic rings. The van der Waals surface area contributed by atoms with Crippen LogP contribution in [0, 0.1) is 0 Å². The van der Waals surface area contributed by atoms with Gasteiger partial charge in [0, 0.05) is 24.2 Å². The van der Waals surface area contributed by atoms with Gasteiger partial charge in [-0.25, -0.2) is 9.59 Å². The molecule has 6 heteroatoms. The van der Waals surface area contributed by atoms with Gasteiger partial charge in [-0.1, -0.05) is 24.3 Å². The molecule has 164 valence electrons. The molecule has 0 heterocycles. The molecule has 0 bridgehead atoms. The fraction of sp³-hybridized carbons (Fsp3) is 0.500. The SMILES string of the molecule is CC(C)N(C(=O)Oc1cc2ccccc2cc1OC(=O)N(C(C)C)C(C)C)C(C)C. The van der Waals surface area contributed by atoms with Crippen molar-refractivity contribution < 1.29 is 19.1 Å². The molecular formula is C24H34N2O4. The molecule has 0 unspecified atom stereocenters. The molecule has 30 heavy (non-hydrogen) atoms. The summed E-state index contributed by atoms with van der Waals surface area (Å²) >= 11 is 0. The van der Waals surface area contributed by atoms with E-state index in [1.807, 2.05) is 79.7 Å². The van der Waals surface area contributed by atoms with Crippen molar-refractivity contribution in [3.05, 3.63) is 36.4 Å². The zero-order chi connectivity index (χ0) is 22.6. The third-order valence-electron chi connectivity index (χ3n) is 4.85. The van der Waals surface area contributed by atoms with Crippen LogP contribution in [0.4, 0.5) is 9.59 Å². The molecule has 0 fully saturated rings. The van der Waals surface area contributed by atoms with Crippen molar-refractivity contribution >= 4 is 23.0 Å². The van der Waals surface area contributed by atoms with Crippen LogP contribution in [0.5, 0.6) is 11.5 Å². The fourth-order valence-corrected chi connectivity index (χ4v) is 3.69. The molecule has 0 aromatic heterocycles. The van der Waals surface area contributed by atoms with E-state index < -0.39 is 12.2 Å². The first-order chi connectivity index (χ1) is 14.0. The van der Waals surface area contributed by atoms with Gasteiger partial charge in [-0.2, -0.15) is 0 Å². The van der Waals surface area contributed by atoms with Crippen LogP contribution in [0.3, 0.4) is 0 Å². The van der Waals surface area contributed by atoms with E-state index in [0.29, 0.717) is 0 Å². The van der Waals surface area contributed by atoms with Gasteiger partial charge in [0.25, 0.3) is 0 Å². The summed E-state index contributed by atoms with van der Waals surface area (Å²) in [4.78, 5) is 29.0. The largest absolute Gasteiger partial charge is 0.415 e. The maximum atomic E-state index is 12.9. The Kier molecular flexibility index (Phi) is 7.71. The van der Waals surface area contributed by atoms with Crippen molar-refractivity contribution in [2.24, 2.45) is 0 Å². The van der Waals surface area contributed by atoms with Crippen molar-refractivity contribution in [3.63, 3.8) is 0 Å². The van der Waals surface area contributed by atoms with Crippen LogP contribution in [0.1, 0.15) is 55.4 Å². The molecule has 2 aromatic rings. The van der Waals surface area contributed by atoms with Gasteiger partial charge < -0.3 is 19.3 Å². The highest BCUT2D eigenvalue weighted by atomic mass is 16.6. The smallest absolute Gasteiger partial charge is 0.406 e. The number of fused-ring (bicyclic) bond motifs is 1. The Labute approximate surface area is 179 Å². The summed E-state index contributed by atoms with van der Waals surface area (Å²) < 4.78 is 11.5. The lowest BCUT2D eigenvalue weighted by atomic mass is 10.1. The molecule has 0 radical (unpaired) electrons.